The molecule has 3 aromatic rings. The van der Waals surface area contributed by atoms with Crippen LogP contribution in [-0.4, -0.2) is 31.4 Å². The minimum Gasteiger partial charge on any atom is -0.467 e. The van der Waals surface area contributed by atoms with Crippen LogP contribution in [0.15, 0.2) is 32.6 Å². The van der Waals surface area contributed by atoms with Crippen LogP contribution in [0.25, 0.3) is 0 Å². The molecule has 3 heterocycles. The van der Waals surface area contributed by atoms with Crippen LogP contribution in [0.5, 0.6) is 0 Å². The average Bonchev–Trinajstić information content (AvgIpc) is 3.38. The van der Waals surface area contributed by atoms with Crippen LogP contribution in [0.2, 0.25) is 0 Å². The number of anilines is 1. The number of aromatic nitrogens is 4. The van der Waals surface area contributed by atoms with Crippen LogP contribution < -0.4 is 11.0 Å². The molecule has 1 aliphatic carbocycles. The minimum absolute atomic E-state index is 0.166. The maximum Gasteiger partial charge on any atom is 0.349 e. The first-order chi connectivity index (χ1) is 13.1. The fourth-order valence-corrected chi connectivity index (χ4v) is 4.55. The third-order valence-electron chi connectivity index (χ3n) is 4.21. The first-order valence-corrected chi connectivity index (χ1v) is 10.3. The van der Waals surface area contributed by atoms with Crippen LogP contribution in [0, 0.1) is 6.92 Å². The molecule has 0 atom stereocenters. The fraction of sp³-hybridized carbons (Fsp3) is 0.353. The molecule has 0 radical (unpaired) electrons. The smallest absolute Gasteiger partial charge is 0.349 e. The zero-order chi connectivity index (χ0) is 18.8. The van der Waals surface area contributed by atoms with Crippen molar-refractivity contribution in [3.8, 4) is 0 Å². The summed E-state index contributed by atoms with van der Waals surface area (Å²) in [4.78, 5) is 28.9. The summed E-state index contributed by atoms with van der Waals surface area (Å²) in [6.07, 6.45) is 4.26. The van der Waals surface area contributed by atoms with Crippen molar-refractivity contribution in [2.45, 2.75) is 37.8 Å². The summed E-state index contributed by atoms with van der Waals surface area (Å²) in [6.45, 7) is 2.20. The van der Waals surface area contributed by atoms with Crippen LogP contribution in [0.3, 0.4) is 0 Å². The van der Waals surface area contributed by atoms with Gasteiger partial charge in [-0.25, -0.2) is 4.79 Å². The number of carbonyl (C=O) groups excluding carboxylic acids is 1. The van der Waals surface area contributed by atoms with Gasteiger partial charge in [0.05, 0.1) is 18.6 Å². The summed E-state index contributed by atoms with van der Waals surface area (Å²) in [6, 6.07) is 3.65. The second kappa shape index (κ2) is 7.65. The number of fused-ring (bicyclic) bond motifs is 1. The monoisotopic (exact) mass is 403 g/mol. The van der Waals surface area contributed by atoms with Crippen LogP contribution in [0.1, 0.15) is 28.4 Å². The number of hydrogen-bond donors (Lipinski definition) is 1. The van der Waals surface area contributed by atoms with E-state index >= 15 is 0 Å². The molecule has 0 aliphatic heterocycles. The maximum atomic E-state index is 12.5. The SMILES string of the molecule is Cc1nnc(NC(=O)CSc2nc(=O)n(Cc3ccco3)c3c2CCC3)s1. The number of thioether (sulfide) groups is 1. The quantitative estimate of drug-likeness (QED) is 0.497. The highest BCUT2D eigenvalue weighted by atomic mass is 32.2. The highest BCUT2D eigenvalue weighted by molar-refractivity contribution is 8.00. The molecule has 0 saturated heterocycles. The molecule has 0 bridgehead atoms. The zero-order valence-electron chi connectivity index (χ0n) is 14.6. The van der Waals surface area contributed by atoms with E-state index in [0.717, 1.165) is 41.3 Å². The number of aryl methyl sites for hydroxylation is 1. The molecule has 27 heavy (non-hydrogen) atoms. The molecule has 0 fully saturated rings. The van der Waals surface area contributed by atoms with Gasteiger partial charge in [0, 0.05) is 11.3 Å². The lowest BCUT2D eigenvalue weighted by Gasteiger charge is -2.13. The Labute approximate surface area is 163 Å². The normalized spacial score (nSPS) is 12.9. The number of carbonyl (C=O) groups is 1. The van der Waals surface area contributed by atoms with Gasteiger partial charge in [-0.1, -0.05) is 23.1 Å². The van der Waals surface area contributed by atoms with Gasteiger partial charge >= 0.3 is 5.69 Å². The number of hydrogen-bond acceptors (Lipinski definition) is 8. The standard InChI is InChI=1S/C17H17N5O3S2/c1-10-20-21-16(27-10)18-14(23)9-26-15-12-5-2-6-13(12)22(17(24)19-15)8-11-4-3-7-25-11/h3-4,7H,2,5-6,8-9H2,1H3,(H,18,21,23). The Morgan fingerprint density at radius 1 is 1.41 bits per heavy atom. The number of nitrogens with one attached hydrogen (secondary N) is 1. The van der Waals surface area contributed by atoms with Crippen molar-refractivity contribution in [3.63, 3.8) is 0 Å². The molecular formula is C17H17N5O3S2. The van der Waals surface area contributed by atoms with Gasteiger partial charge in [0.1, 0.15) is 15.8 Å². The zero-order valence-corrected chi connectivity index (χ0v) is 16.2. The van der Waals surface area contributed by atoms with E-state index in [9.17, 15) is 9.59 Å². The summed E-state index contributed by atoms with van der Waals surface area (Å²) in [7, 11) is 0. The van der Waals surface area contributed by atoms with E-state index in [4.69, 9.17) is 4.42 Å². The molecule has 1 amide bonds. The van der Waals surface area contributed by atoms with Crippen molar-refractivity contribution in [3.05, 3.63) is 50.9 Å². The van der Waals surface area contributed by atoms with Gasteiger partial charge < -0.3 is 4.42 Å². The Morgan fingerprint density at radius 3 is 3.04 bits per heavy atom. The Balaban J connectivity index is 1.50. The lowest BCUT2D eigenvalue weighted by Crippen LogP contribution is -2.28. The predicted octanol–water partition coefficient (Wildman–Crippen LogP) is 2.26. The van der Waals surface area contributed by atoms with Crippen LogP contribution >= 0.6 is 23.1 Å². The summed E-state index contributed by atoms with van der Waals surface area (Å²) in [5.74, 6) is 0.698. The average molecular weight is 403 g/mol. The van der Waals surface area contributed by atoms with Crippen molar-refractivity contribution in [1.29, 1.82) is 0 Å². The largest absolute Gasteiger partial charge is 0.467 e. The van der Waals surface area contributed by atoms with E-state index in [1.807, 2.05) is 13.0 Å². The summed E-state index contributed by atoms with van der Waals surface area (Å²) >= 11 is 2.61. The summed E-state index contributed by atoms with van der Waals surface area (Å²) in [5.41, 5.74) is 1.74. The molecule has 4 rings (SSSR count). The highest BCUT2D eigenvalue weighted by Crippen LogP contribution is 2.29. The first-order valence-electron chi connectivity index (χ1n) is 8.48. The maximum absolute atomic E-state index is 12.5. The van der Waals surface area contributed by atoms with Crippen molar-refractivity contribution in [1.82, 2.24) is 19.7 Å². The molecule has 0 saturated carbocycles. The second-order valence-electron chi connectivity index (χ2n) is 6.11. The molecular weight excluding hydrogens is 386 g/mol. The molecule has 8 nitrogen and oxygen atoms in total. The van der Waals surface area contributed by atoms with Gasteiger partial charge in [0.2, 0.25) is 11.0 Å². The number of nitrogens with zero attached hydrogens (tertiary/aromatic N) is 4. The van der Waals surface area contributed by atoms with Gasteiger partial charge in [-0.2, -0.15) is 4.98 Å². The molecule has 1 N–H and O–H groups in total. The molecule has 0 aromatic carbocycles. The summed E-state index contributed by atoms with van der Waals surface area (Å²) < 4.78 is 7.04. The van der Waals surface area contributed by atoms with Crippen molar-refractivity contribution in [2.24, 2.45) is 0 Å². The Hall–Kier alpha value is -2.46. The Morgan fingerprint density at radius 2 is 2.30 bits per heavy atom. The van der Waals surface area contributed by atoms with Gasteiger partial charge in [-0.05, 0) is 38.3 Å². The first kappa shape index (κ1) is 17.9. The van der Waals surface area contributed by atoms with Gasteiger partial charge in [0.15, 0.2) is 0 Å². The minimum atomic E-state index is -0.310. The van der Waals surface area contributed by atoms with Crippen LogP contribution in [-0.2, 0) is 24.2 Å². The lowest BCUT2D eigenvalue weighted by molar-refractivity contribution is -0.113. The third-order valence-corrected chi connectivity index (χ3v) is 5.98. The van der Waals surface area contributed by atoms with E-state index in [-0.39, 0.29) is 17.3 Å². The van der Waals surface area contributed by atoms with Crippen molar-refractivity contribution >= 4 is 34.1 Å². The van der Waals surface area contributed by atoms with E-state index < -0.39 is 0 Å². The molecule has 3 aromatic heterocycles. The third kappa shape index (κ3) is 3.96. The topological polar surface area (TPSA) is 103 Å². The van der Waals surface area contributed by atoms with E-state index in [1.165, 1.54) is 23.1 Å². The molecule has 0 spiro atoms. The lowest BCUT2D eigenvalue weighted by atomic mass is 10.2. The number of furan rings is 1. The number of rotatable bonds is 6. The van der Waals surface area contributed by atoms with Gasteiger partial charge in [-0.15, -0.1) is 10.2 Å². The van der Waals surface area contributed by atoms with E-state index in [1.54, 1.807) is 16.9 Å². The molecule has 0 unspecified atom stereocenters. The van der Waals surface area contributed by atoms with Gasteiger partial charge in [0.25, 0.3) is 0 Å². The van der Waals surface area contributed by atoms with Crippen LogP contribution in [0.4, 0.5) is 5.13 Å². The van der Waals surface area contributed by atoms with E-state index in [2.05, 4.69) is 20.5 Å². The Bertz CT molecular complexity index is 1030. The van der Waals surface area contributed by atoms with Gasteiger partial charge in [-0.3, -0.25) is 14.7 Å². The van der Waals surface area contributed by atoms with E-state index in [0.29, 0.717) is 16.7 Å². The van der Waals surface area contributed by atoms with Crippen molar-refractivity contribution in [2.75, 3.05) is 11.1 Å². The fourth-order valence-electron chi connectivity index (χ4n) is 3.06. The second-order valence-corrected chi connectivity index (χ2v) is 8.25. The van der Waals surface area contributed by atoms with Crippen molar-refractivity contribution < 1.29 is 9.21 Å². The highest BCUT2D eigenvalue weighted by Gasteiger charge is 2.23. The molecule has 1 aliphatic rings. The molecule has 10 heteroatoms. The molecule has 140 valence electrons. The predicted molar refractivity (Wildman–Crippen MR) is 102 cm³/mol. The number of amides is 1. The Kier molecular flexibility index (Phi) is 5.08. The summed E-state index contributed by atoms with van der Waals surface area (Å²) in [5, 5.41) is 12.4.